The third-order valence-electron chi connectivity index (χ3n) is 2.31. The molecular formula is C14H13F4LiO5. The number of hydrogen-bond donors (Lipinski definition) is 1. The molecule has 128 valence electrons. The molecule has 1 N–H and O–H groups in total. The number of aliphatic hydroxyl groups is 1. The zero-order valence-corrected chi connectivity index (χ0v) is 12.8. The van der Waals surface area contributed by atoms with Crippen molar-refractivity contribution in [2.45, 2.75) is 13.1 Å². The summed E-state index contributed by atoms with van der Waals surface area (Å²) in [4.78, 5) is 22.5. The van der Waals surface area contributed by atoms with Crippen molar-refractivity contribution >= 4 is 17.5 Å². The van der Waals surface area contributed by atoms with Crippen LogP contribution in [-0.2, 0) is 14.3 Å². The molecule has 5 nitrogen and oxygen atoms in total. The zero-order chi connectivity index (χ0) is 17.6. The Morgan fingerprint density at radius 1 is 1.29 bits per heavy atom. The first-order valence-electron chi connectivity index (χ1n) is 6.24. The molecule has 1 rings (SSSR count). The van der Waals surface area contributed by atoms with E-state index in [2.05, 4.69) is 9.47 Å². The molecule has 0 saturated carbocycles. The van der Waals surface area contributed by atoms with Gasteiger partial charge in [-0.1, -0.05) is 0 Å². The molecule has 10 heteroatoms. The Labute approximate surface area is 147 Å². The Morgan fingerprint density at radius 2 is 1.92 bits per heavy atom. The molecule has 0 unspecified atom stereocenters. The average molecular weight is 344 g/mol. The Morgan fingerprint density at radius 3 is 2.46 bits per heavy atom. The van der Waals surface area contributed by atoms with E-state index >= 15 is 0 Å². The summed E-state index contributed by atoms with van der Waals surface area (Å²) in [5.74, 6) is -4.75. The van der Waals surface area contributed by atoms with E-state index < -0.39 is 41.9 Å². The maximum Gasteiger partial charge on any atom is 1.00 e. The van der Waals surface area contributed by atoms with Crippen LogP contribution >= 0.6 is 0 Å². The van der Waals surface area contributed by atoms with Gasteiger partial charge in [-0.15, -0.1) is 0 Å². The van der Waals surface area contributed by atoms with Crippen LogP contribution in [-0.4, -0.2) is 36.2 Å². The fourth-order valence-electron chi connectivity index (χ4n) is 1.43. The van der Waals surface area contributed by atoms with Gasteiger partial charge in [-0.3, -0.25) is 4.79 Å². The SMILES string of the molecule is CCOC(=O)C(=O)C=C(O)c1cc(F)cc(OCC(F)(F)F)c1.[H-].[Li+]. The minimum Gasteiger partial charge on any atom is -1.00 e. The van der Waals surface area contributed by atoms with Gasteiger partial charge in [-0.05, 0) is 19.1 Å². The summed E-state index contributed by atoms with van der Waals surface area (Å²) in [7, 11) is 0. The van der Waals surface area contributed by atoms with Crippen LogP contribution in [0.3, 0.4) is 0 Å². The zero-order valence-electron chi connectivity index (χ0n) is 13.8. The number of ketones is 1. The van der Waals surface area contributed by atoms with Gasteiger partial charge in [0.1, 0.15) is 17.3 Å². The molecule has 0 saturated heterocycles. The van der Waals surface area contributed by atoms with Gasteiger partial charge >= 0.3 is 31.0 Å². The number of aliphatic hydroxyl groups excluding tert-OH is 1. The van der Waals surface area contributed by atoms with Crippen molar-refractivity contribution in [2.24, 2.45) is 0 Å². The molecule has 0 aliphatic carbocycles. The second kappa shape index (κ2) is 9.35. The molecule has 0 spiro atoms. The van der Waals surface area contributed by atoms with Gasteiger partial charge < -0.3 is 16.0 Å². The maximum atomic E-state index is 13.3. The monoisotopic (exact) mass is 344 g/mol. The number of alkyl halides is 3. The van der Waals surface area contributed by atoms with Gasteiger partial charge in [0.25, 0.3) is 5.78 Å². The molecule has 1 aromatic carbocycles. The number of ether oxygens (including phenoxy) is 2. The number of rotatable bonds is 6. The van der Waals surface area contributed by atoms with Crippen LogP contribution in [0.2, 0.25) is 0 Å². The van der Waals surface area contributed by atoms with Gasteiger partial charge in [0.05, 0.1) is 6.61 Å². The average Bonchev–Trinajstić information content (AvgIpc) is 2.44. The molecule has 0 bridgehead atoms. The quantitative estimate of drug-likeness (QED) is 0.195. The third kappa shape index (κ3) is 7.52. The van der Waals surface area contributed by atoms with Gasteiger partial charge in [-0.2, -0.15) is 13.2 Å². The van der Waals surface area contributed by atoms with E-state index in [9.17, 15) is 32.3 Å². The molecule has 24 heavy (non-hydrogen) atoms. The Hall–Kier alpha value is -1.98. The van der Waals surface area contributed by atoms with Crippen molar-refractivity contribution in [3.05, 3.63) is 35.7 Å². The summed E-state index contributed by atoms with van der Waals surface area (Å²) in [6, 6.07) is 2.32. The van der Waals surface area contributed by atoms with E-state index in [1.807, 2.05) is 0 Å². The van der Waals surface area contributed by atoms with E-state index in [4.69, 9.17) is 0 Å². The van der Waals surface area contributed by atoms with Crippen molar-refractivity contribution in [2.75, 3.05) is 13.2 Å². The molecule has 0 heterocycles. The van der Waals surface area contributed by atoms with Crippen molar-refractivity contribution in [1.29, 1.82) is 0 Å². The normalized spacial score (nSPS) is 11.5. The summed E-state index contributed by atoms with van der Waals surface area (Å²) >= 11 is 0. The third-order valence-corrected chi connectivity index (χ3v) is 2.31. The Bertz CT molecular complexity index is 634. The number of hydrogen-bond acceptors (Lipinski definition) is 5. The predicted octanol–water partition coefficient (Wildman–Crippen LogP) is -0.0856. The molecule has 0 aliphatic heterocycles. The minimum atomic E-state index is -4.62. The molecule has 0 aliphatic rings. The Kier molecular flexibility index (Phi) is 8.57. The number of carbonyl (C=O) groups excluding carboxylic acids is 2. The standard InChI is InChI=1S/C14H12F4O5.Li.H/c1-2-22-13(21)12(20)6-11(19)8-3-9(15)5-10(4-8)23-7-14(16,17)18;;/h3-6,19H,2,7H2,1H3;;/q;+1;-1. The molecule has 1 aromatic rings. The second-order valence-corrected chi connectivity index (χ2v) is 4.19. The summed E-state index contributed by atoms with van der Waals surface area (Å²) in [6.07, 6.45) is -4.15. The van der Waals surface area contributed by atoms with Gasteiger partial charge in [-0.25, -0.2) is 9.18 Å². The summed E-state index contributed by atoms with van der Waals surface area (Å²) in [5, 5.41) is 9.67. The van der Waals surface area contributed by atoms with E-state index in [1.165, 1.54) is 6.92 Å². The van der Waals surface area contributed by atoms with Crippen molar-refractivity contribution in [1.82, 2.24) is 0 Å². The summed E-state index contributed by atoms with van der Waals surface area (Å²) in [5.41, 5.74) is -0.333. The fourth-order valence-corrected chi connectivity index (χ4v) is 1.43. The molecule has 0 atom stereocenters. The first kappa shape index (κ1) is 22.0. The number of halogens is 4. The van der Waals surface area contributed by atoms with E-state index in [1.54, 1.807) is 0 Å². The number of esters is 1. The summed E-state index contributed by atoms with van der Waals surface area (Å²) < 4.78 is 58.3. The van der Waals surface area contributed by atoms with E-state index in [-0.39, 0.29) is 32.5 Å². The fraction of sp³-hybridized carbons (Fsp3) is 0.286. The van der Waals surface area contributed by atoms with Crippen LogP contribution in [0.15, 0.2) is 24.3 Å². The number of carbonyl (C=O) groups is 2. The van der Waals surface area contributed by atoms with Crippen LogP contribution in [0.1, 0.15) is 13.9 Å². The molecule has 0 radical (unpaired) electrons. The molecule has 0 fully saturated rings. The first-order chi connectivity index (χ1) is 10.6. The van der Waals surface area contributed by atoms with E-state index in [0.29, 0.717) is 12.1 Å². The molecular weight excluding hydrogens is 331 g/mol. The van der Waals surface area contributed by atoms with Crippen LogP contribution in [0.25, 0.3) is 5.76 Å². The number of benzene rings is 1. The van der Waals surface area contributed by atoms with Crippen molar-refractivity contribution < 1.29 is 62.0 Å². The van der Waals surface area contributed by atoms with Gasteiger partial charge in [0.15, 0.2) is 6.61 Å². The summed E-state index contributed by atoms with van der Waals surface area (Å²) in [6.45, 7) is -0.248. The van der Waals surface area contributed by atoms with Crippen LogP contribution in [0.4, 0.5) is 17.6 Å². The largest absolute Gasteiger partial charge is 1.00 e. The minimum absolute atomic E-state index is 0. The molecule has 0 aromatic heterocycles. The first-order valence-corrected chi connectivity index (χ1v) is 6.24. The van der Waals surface area contributed by atoms with Gasteiger partial charge in [0.2, 0.25) is 0 Å². The molecule has 0 amide bonds. The topological polar surface area (TPSA) is 72.8 Å². The van der Waals surface area contributed by atoms with Gasteiger partial charge in [0, 0.05) is 17.7 Å². The Balaban J connectivity index is 0. The van der Waals surface area contributed by atoms with Crippen LogP contribution in [0.5, 0.6) is 5.75 Å². The van der Waals surface area contributed by atoms with Crippen LogP contribution in [0, 0.1) is 5.82 Å². The van der Waals surface area contributed by atoms with E-state index in [0.717, 1.165) is 12.1 Å². The van der Waals surface area contributed by atoms with Crippen LogP contribution < -0.4 is 23.6 Å². The second-order valence-electron chi connectivity index (χ2n) is 4.19. The maximum absolute atomic E-state index is 13.3. The smallest absolute Gasteiger partial charge is 1.00 e. The van der Waals surface area contributed by atoms with Crippen molar-refractivity contribution in [3.8, 4) is 5.75 Å². The predicted molar refractivity (Wildman–Crippen MR) is 71.3 cm³/mol. The van der Waals surface area contributed by atoms with Crippen molar-refractivity contribution in [3.63, 3.8) is 0 Å².